The van der Waals surface area contributed by atoms with Crippen LogP contribution in [0.4, 0.5) is 0 Å². The number of carbonyl (C=O) groups excluding carboxylic acids is 2. The first-order chi connectivity index (χ1) is 15.7. The van der Waals surface area contributed by atoms with Crippen LogP contribution in [0.2, 0.25) is 0 Å². The van der Waals surface area contributed by atoms with Crippen molar-refractivity contribution in [3.8, 4) is 11.5 Å². The summed E-state index contributed by atoms with van der Waals surface area (Å²) in [4.78, 5) is 25.1. The average Bonchev–Trinajstić information content (AvgIpc) is 3.35. The molecule has 3 unspecified atom stereocenters. The number of aliphatic hydroxyl groups excluding tert-OH is 1. The van der Waals surface area contributed by atoms with Crippen molar-refractivity contribution in [2.45, 2.75) is 57.7 Å². The van der Waals surface area contributed by atoms with Crippen molar-refractivity contribution in [1.29, 1.82) is 0 Å². The van der Waals surface area contributed by atoms with Gasteiger partial charge in [-0.15, -0.1) is 0 Å². The van der Waals surface area contributed by atoms with Gasteiger partial charge in [0.1, 0.15) is 17.9 Å². The Balaban J connectivity index is 1.25. The summed E-state index contributed by atoms with van der Waals surface area (Å²) in [6.07, 6.45) is 6.91. The molecule has 2 aromatic rings. The minimum absolute atomic E-state index is 0.0467. The molecule has 0 saturated heterocycles. The predicted octanol–water partition coefficient (Wildman–Crippen LogP) is 3.20. The van der Waals surface area contributed by atoms with Crippen molar-refractivity contribution in [1.82, 2.24) is 0 Å². The van der Waals surface area contributed by atoms with Crippen LogP contribution in [-0.4, -0.2) is 42.4 Å². The Bertz CT molecular complexity index is 1150. The normalized spacial score (nSPS) is 26.4. The number of rotatable bonds is 8. The van der Waals surface area contributed by atoms with Gasteiger partial charge in [-0.3, -0.25) is 9.35 Å². The largest absolute Gasteiger partial charge is 0.461 e. The number of hydrogen-bond acceptors (Lipinski definition) is 9. The Morgan fingerprint density at radius 1 is 1.09 bits per heavy atom. The van der Waals surface area contributed by atoms with E-state index in [-0.39, 0.29) is 40.2 Å². The summed E-state index contributed by atoms with van der Waals surface area (Å²) in [7, 11) is -4.31. The zero-order valence-electron chi connectivity index (χ0n) is 17.9. The maximum Gasteiger partial charge on any atom is 0.342 e. The highest BCUT2D eigenvalue weighted by Crippen LogP contribution is 2.55. The van der Waals surface area contributed by atoms with Gasteiger partial charge >= 0.3 is 11.9 Å². The molecule has 3 aliphatic rings. The Hall–Kier alpha value is -2.37. The summed E-state index contributed by atoms with van der Waals surface area (Å²) >= 11 is 0. The second-order valence-electron chi connectivity index (χ2n) is 9.35. The first kappa shape index (κ1) is 22.4. The highest BCUT2D eigenvalue weighted by molar-refractivity contribution is 7.85. The molecule has 10 nitrogen and oxygen atoms in total. The Morgan fingerprint density at radius 3 is 2.52 bits per heavy atom. The highest BCUT2D eigenvalue weighted by Gasteiger charge is 2.43. The third-order valence-corrected chi connectivity index (χ3v) is 7.70. The predicted molar refractivity (Wildman–Crippen MR) is 113 cm³/mol. The molecule has 2 N–H and O–H groups in total. The molecule has 1 aliphatic heterocycles. The number of aliphatic hydroxyl groups is 1. The fourth-order valence-corrected chi connectivity index (χ4v) is 5.99. The summed E-state index contributed by atoms with van der Waals surface area (Å²) in [6.45, 7) is -0.594. The van der Waals surface area contributed by atoms with E-state index < -0.39 is 40.7 Å². The maximum atomic E-state index is 12.6. The van der Waals surface area contributed by atoms with Crippen molar-refractivity contribution in [2.75, 3.05) is 12.4 Å². The fourth-order valence-electron chi connectivity index (χ4n) is 5.69. The molecule has 0 spiro atoms. The van der Waals surface area contributed by atoms with Gasteiger partial charge in [0.25, 0.3) is 10.1 Å². The van der Waals surface area contributed by atoms with Crippen molar-refractivity contribution < 1.29 is 46.3 Å². The van der Waals surface area contributed by atoms with E-state index in [1.165, 1.54) is 25.7 Å². The van der Waals surface area contributed by atoms with Crippen LogP contribution >= 0.6 is 0 Å². The van der Waals surface area contributed by atoms with Gasteiger partial charge in [-0.05, 0) is 43.4 Å². The summed E-state index contributed by atoms with van der Waals surface area (Å²) < 4.78 is 51.7. The van der Waals surface area contributed by atoms with Gasteiger partial charge in [0, 0.05) is 6.42 Å². The smallest absolute Gasteiger partial charge is 0.342 e. The van der Waals surface area contributed by atoms with Crippen molar-refractivity contribution in [2.24, 2.45) is 17.8 Å². The number of esters is 2. The number of furan rings is 2. The van der Waals surface area contributed by atoms with Crippen molar-refractivity contribution in [3.05, 3.63) is 11.1 Å². The van der Waals surface area contributed by atoms with Crippen LogP contribution in [0.5, 0.6) is 11.5 Å². The first-order valence-electron chi connectivity index (χ1n) is 11.3. The maximum absolute atomic E-state index is 12.6. The molecule has 2 saturated carbocycles. The Kier molecular flexibility index (Phi) is 5.74. The molecule has 5 rings (SSSR count). The zero-order valence-corrected chi connectivity index (χ0v) is 18.8. The molecule has 0 amide bonds. The van der Waals surface area contributed by atoms with E-state index in [1.807, 2.05) is 0 Å². The quantitative estimate of drug-likeness (QED) is 0.326. The van der Waals surface area contributed by atoms with Gasteiger partial charge in [-0.1, -0.05) is 19.3 Å². The van der Waals surface area contributed by atoms with Crippen LogP contribution in [0, 0.1) is 17.8 Å². The molecule has 180 valence electrons. The molecule has 11 heteroatoms. The highest BCUT2D eigenvalue weighted by atomic mass is 32.2. The second-order valence-corrected chi connectivity index (χ2v) is 10.9. The van der Waals surface area contributed by atoms with Crippen LogP contribution in [0.25, 0.3) is 11.2 Å². The lowest BCUT2D eigenvalue weighted by Crippen LogP contribution is -2.27. The molecule has 33 heavy (non-hydrogen) atoms. The Morgan fingerprint density at radius 2 is 1.82 bits per heavy atom. The van der Waals surface area contributed by atoms with E-state index in [9.17, 15) is 23.1 Å². The Labute approximate surface area is 190 Å². The second kappa shape index (κ2) is 8.44. The van der Waals surface area contributed by atoms with Crippen LogP contribution in [-0.2, 0) is 19.6 Å². The van der Waals surface area contributed by atoms with Crippen LogP contribution in [0.1, 0.15) is 73.6 Å². The third kappa shape index (κ3) is 4.41. The molecule has 0 aromatic carbocycles. The number of fused-ring (bicyclic) bond motifs is 3. The number of hydrogen-bond donors (Lipinski definition) is 2. The molecule has 2 aromatic heterocycles. The minimum atomic E-state index is -4.31. The third-order valence-electron chi connectivity index (χ3n) is 7.02. The number of ether oxygens (including phenoxy) is 3. The average molecular weight is 483 g/mol. The lowest BCUT2D eigenvalue weighted by Gasteiger charge is -2.39. The van der Waals surface area contributed by atoms with Gasteiger partial charge in [-0.25, -0.2) is 4.79 Å². The van der Waals surface area contributed by atoms with Gasteiger partial charge in [0.05, 0.1) is 5.56 Å². The molecular formula is C22H26O10S. The number of carbonyl (C=O) groups is 2. The van der Waals surface area contributed by atoms with E-state index in [0.717, 1.165) is 31.1 Å². The van der Waals surface area contributed by atoms with Gasteiger partial charge < -0.3 is 23.7 Å². The summed E-state index contributed by atoms with van der Waals surface area (Å²) in [5.41, 5.74) is -0.145. The molecule has 2 fully saturated rings. The SMILES string of the molecule is O=C(CCC1CC2CCCC(C2)C1)Oc1c2c3oc1c(C(=O)OCCS(=O)(=O)O)c3C(O)O2. The van der Waals surface area contributed by atoms with Crippen LogP contribution < -0.4 is 9.47 Å². The molecular weight excluding hydrogens is 456 g/mol. The molecule has 4 bridgehead atoms. The van der Waals surface area contributed by atoms with E-state index in [0.29, 0.717) is 5.92 Å². The zero-order chi connectivity index (χ0) is 23.3. The first-order valence-corrected chi connectivity index (χ1v) is 12.9. The fraction of sp³-hybridized carbons (Fsp3) is 0.636. The van der Waals surface area contributed by atoms with Gasteiger partial charge in [0.2, 0.25) is 17.8 Å². The van der Waals surface area contributed by atoms with E-state index >= 15 is 0 Å². The lowest BCUT2D eigenvalue weighted by atomic mass is 9.67. The minimum Gasteiger partial charge on any atom is -0.461 e. The van der Waals surface area contributed by atoms with Crippen LogP contribution in [0.3, 0.4) is 0 Å². The van der Waals surface area contributed by atoms with Crippen molar-refractivity contribution >= 4 is 33.2 Å². The van der Waals surface area contributed by atoms with Crippen LogP contribution in [0.15, 0.2) is 4.42 Å². The standard InChI is InChI=1S/C22H26O10S/c23-14(5-4-13-9-11-2-1-3-12(8-11)10-13)30-19-17-15(21(24)29-6-7-33(26,27)28)16-18(31-17)20(19)32-22(16)25/h11-13,22,25H,1-10H2,(H,26,27,28). The molecule has 3 atom stereocenters. The lowest BCUT2D eigenvalue weighted by molar-refractivity contribution is -0.135. The molecule has 2 aliphatic carbocycles. The topological polar surface area (TPSA) is 150 Å². The summed E-state index contributed by atoms with van der Waals surface area (Å²) in [5, 5.41) is 10.2. The van der Waals surface area contributed by atoms with Gasteiger partial charge in [0.15, 0.2) is 11.2 Å². The molecule has 3 heterocycles. The number of benzene rings is 1. The monoisotopic (exact) mass is 482 g/mol. The van der Waals surface area contributed by atoms with Gasteiger partial charge in [-0.2, -0.15) is 8.42 Å². The van der Waals surface area contributed by atoms with E-state index in [2.05, 4.69) is 0 Å². The molecule has 0 radical (unpaired) electrons. The summed E-state index contributed by atoms with van der Waals surface area (Å²) in [6, 6.07) is 0. The van der Waals surface area contributed by atoms with Crippen molar-refractivity contribution in [3.63, 3.8) is 0 Å². The van der Waals surface area contributed by atoms with E-state index in [1.54, 1.807) is 0 Å². The van der Waals surface area contributed by atoms with E-state index in [4.69, 9.17) is 23.2 Å². The summed E-state index contributed by atoms with van der Waals surface area (Å²) in [5.74, 6) is -0.241.